The molecular weight excluding hydrogens is 304 g/mol. The highest BCUT2D eigenvalue weighted by molar-refractivity contribution is 7.89. The fraction of sp³-hybridized carbons (Fsp3) is 0.500. The van der Waals surface area contributed by atoms with Crippen molar-refractivity contribution in [3.63, 3.8) is 0 Å². The van der Waals surface area contributed by atoms with E-state index in [1.807, 2.05) is 6.92 Å². The van der Waals surface area contributed by atoms with E-state index >= 15 is 0 Å². The lowest BCUT2D eigenvalue weighted by Gasteiger charge is -2.32. The third-order valence-corrected chi connectivity index (χ3v) is 5.40. The smallest absolute Gasteiger partial charge is 0.243 e. The van der Waals surface area contributed by atoms with Gasteiger partial charge in [-0.25, -0.2) is 8.42 Å². The van der Waals surface area contributed by atoms with E-state index in [1.165, 1.54) is 10.4 Å². The van der Waals surface area contributed by atoms with Crippen molar-refractivity contribution in [3.05, 3.63) is 18.2 Å². The zero-order valence-electron chi connectivity index (χ0n) is 11.0. The lowest BCUT2D eigenvalue weighted by Crippen LogP contribution is -2.52. The molecule has 1 aromatic rings. The number of nitrogens with one attached hydrogen (secondary N) is 1. The number of hydrogen-bond acceptors (Lipinski definition) is 5. The highest BCUT2D eigenvalue weighted by atomic mass is 35.5. The van der Waals surface area contributed by atoms with E-state index in [4.69, 9.17) is 9.47 Å². The number of fused-ring (bicyclic) bond motifs is 1. The zero-order chi connectivity index (χ0) is 13.5. The van der Waals surface area contributed by atoms with Crippen LogP contribution in [0, 0.1) is 0 Å². The summed E-state index contributed by atoms with van der Waals surface area (Å²) in [4.78, 5) is 0.255. The SMILES string of the molecule is CC1CNCCN1S(=O)(=O)c1ccc2c(c1)OCO2.Cl. The van der Waals surface area contributed by atoms with Gasteiger partial charge < -0.3 is 14.8 Å². The van der Waals surface area contributed by atoms with Crippen LogP contribution in [0.3, 0.4) is 0 Å². The van der Waals surface area contributed by atoms with E-state index in [2.05, 4.69) is 5.32 Å². The highest BCUT2D eigenvalue weighted by Crippen LogP contribution is 2.34. The average Bonchev–Trinajstić information content (AvgIpc) is 2.86. The van der Waals surface area contributed by atoms with Crippen molar-refractivity contribution in [1.29, 1.82) is 0 Å². The Kier molecular flexibility index (Phi) is 4.43. The minimum atomic E-state index is -3.48. The second-order valence-electron chi connectivity index (χ2n) is 4.68. The van der Waals surface area contributed by atoms with Crippen LogP contribution in [0.4, 0.5) is 0 Å². The van der Waals surface area contributed by atoms with E-state index < -0.39 is 10.0 Å². The van der Waals surface area contributed by atoms with E-state index in [0.717, 1.165) is 0 Å². The Bertz CT molecular complexity index is 593. The summed E-state index contributed by atoms with van der Waals surface area (Å²) in [7, 11) is -3.48. The molecule has 20 heavy (non-hydrogen) atoms. The first-order chi connectivity index (χ1) is 9.09. The van der Waals surface area contributed by atoms with Crippen LogP contribution in [0.5, 0.6) is 11.5 Å². The van der Waals surface area contributed by atoms with E-state index in [0.29, 0.717) is 31.1 Å². The van der Waals surface area contributed by atoms with Crippen molar-refractivity contribution in [2.75, 3.05) is 26.4 Å². The summed E-state index contributed by atoms with van der Waals surface area (Å²) in [6, 6.07) is 4.69. The monoisotopic (exact) mass is 320 g/mol. The van der Waals surface area contributed by atoms with Crippen molar-refractivity contribution in [3.8, 4) is 11.5 Å². The van der Waals surface area contributed by atoms with Gasteiger partial charge in [-0.1, -0.05) is 0 Å². The van der Waals surface area contributed by atoms with Gasteiger partial charge in [0.1, 0.15) is 0 Å². The Hall–Kier alpha value is -1.02. The predicted octanol–water partition coefficient (Wildman–Crippen LogP) is 0.820. The lowest BCUT2D eigenvalue weighted by molar-refractivity contribution is 0.174. The Morgan fingerprint density at radius 3 is 2.80 bits per heavy atom. The van der Waals surface area contributed by atoms with Crippen LogP contribution in [0.2, 0.25) is 0 Å². The van der Waals surface area contributed by atoms with Gasteiger partial charge in [0.05, 0.1) is 4.90 Å². The number of nitrogens with zero attached hydrogens (tertiary/aromatic N) is 1. The summed E-state index contributed by atoms with van der Waals surface area (Å²) < 4.78 is 37.2. The Balaban J connectivity index is 0.00000147. The first-order valence-corrected chi connectivity index (χ1v) is 7.65. The van der Waals surface area contributed by atoms with Gasteiger partial charge in [0.25, 0.3) is 0 Å². The molecule has 6 nitrogen and oxygen atoms in total. The van der Waals surface area contributed by atoms with Gasteiger partial charge in [0, 0.05) is 31.7 Å². The molecule has 0 spiro atoms. The van der Waals surface area contributed by atoms with Crippen molar-refractivity contribution >= 4 is 22.4 Å². The average molecular weight is 321 g/mol. The van der Waals surface area contributed by atoms with Crippen LogP contribution in [0.15, 0.2) is 23.1 Å². The molecule has 1 atom stereocenters. The highest BCUT2D eigenvalue weighted by Gasteiger charge is 2.31. The molecule has 3 rings (SSSR count). The Labute approximate surface area is 124 Å². The van der Waals surface area contributed by atoms with Gasteiger partial charge in [0.15, 0.2) is 11.5 Å². The molecule has 2 aliphatic heterocycles. The fourth-order valence-corrected chi connectivity index (χ4v) is 4.00. The zero-order valence-corrected chi connectivity index (χ0v) is 12.7. The summed E-state index contributed by atoms with van der Waals surface area (Å²) >= 11 is 0. The number of ether oxygens (including phenoxy) is 2. The summed E-state index contributed by atoms with van der Waals surface area (Å²) in [5.41, 5.74) is 0. The number of benzene rings is 1. The van der Waals surface area contributed by atoms with Crippen LogP contribution in [-0.4, -0.2) is 45.2 Å². The van der Waals surface area contributed by atoms with Crippen LogP contribution in [0.25, 0.3) is 0 Å². The first kappa shape index (κ1) is 15.4. The molecule has 8 heteroatoms. The number of piperazine rings is 1. The molecule has 0 amide bonds. The van der Waals surface area contributed by atoms with Gasteiger partial charge in [-0.15, -0.1) is 12.4 Å². The molecule has 0 bridgehead atoms. The summed E-state index contributed by atoms with van der Waals surface area (Å²) in [6.07, 6.45) is 0. The third kappa shape index (κ3) is 2.58. The van der Waals surface area contributed by atoms with Crippen LogP contribution >= 0.6 is 12.4 Å². The predicted molar refractivity (Wildman–Crippen MR) is 76.0 cm³/mol. The number of sulfonamides is 1. The molecular formula is C12H17ClN2O4S. The minimum absolute atomic E-state index is 0. The molecule has 1 aromatic carbocycles. The third-order valence-electron chi connectivity index (χ3n) is 3.39. The maximum absolute atomic E-state index is 12.6. The van der Waals surface area contributed by atoms with Gasteiger partial charge in [-0.05, 0) is 19.1 Å². The molecule has 0 radical (unpaired) electrons. The summed E-state index contributed by atoms with van der Waals surface area (Å²) in [5, 5.41) is 3.18. The molecule has 112 valence electrons. The van der Waals surface area contributed by atoms with Gasteiger partial charge in [-0.3, -0.25) is 0 Å². The molecule has 2 aliphatic rings. The molecule has 1 fully saturated rings. The molecule has 1 N–H and O–H groups in total. The lowest BCUT2D eigenvalue weighted by atomic mass is 10.3. The quantitative estimate of drug-likeness (QED) is 0.874. The van der Waals surface area contributed by atoms with E-state index in [9.17, 15) is 8.42 Å². The number of halogens is 1. The molecule has 2 heterocycles. The maximum atomic E-state index is 12.6. The van der Waals surface area contributed by atoms with E-state index in [-0.39, 0.29) is 30.1 Å². The fourth-order valence-electron chi connectivity index (χ4n) is 2.35. The van der Waals surface area contributed by atoms with Gasteiger partial charge >= 0.3 is 0 Å². The summed E-state index contributed by atoms with van der Waals surface area (Å²) in [5.74, 6) is 1.08. The Morgan fingerprint density at radius 2 is 2.05 bits per heavy atom. The topological polar surface area (TPSA) is 67.9 Å². The van der Waals surface area contributed by atoms with Crippen LogP contribution in [-0.2, 0) is 10.0 Å². The minimum Gasteiger partial charge on any atom is -0.454 e. The van der Waals surface area contributed by atoms with Gasteiger partial charge in [0.2, 0.25) is 16.8 Å². The van der Waals surface area contributed by atoms with E-state index in [1.54, 1.807) is 12.1 Å². The van der Waals surface area contributed by atoms with Crippen molar-refractivity contribution in [1.82, 2.24) is 9.62 Å². The molecule has 1 saturated heterocycles. The van der Waals surface area contributed by atoms with Crippen LogP contribution < -0.4 is 14.8 Å². The molecule has 0 aliphatic carbocycles. The van der Waals surface area contributed by atoms with Crippen LogP contribution in [0.1, 0.15) is 6.92 Å². The Morgan fingerprint density at radius 1 is 1.30 bits per heavy atom. The largest absolute Gasteiger partial charge is 0.454 e. The maximum Gasteiger partial charge on any atom is 0.243 e. The molecule has 0 saturated carbocycles. The van der Waals surface area contributed by atoms with Crippen molar-refractivity contribution < 1.29 is 17.9 Å². The first-order valence-electron chi connectivity index (χ1n) is 6.21. The molecule has 1 unspecified atom stereocenters. The second-order valence-corrected chi connectivity index (χ2v) is 6.57. The number of rotatable bonds is 2. The van der Waals surface area contributed by atoms with Crippen molar-refractivity contribution in [2.45, 2.75) is 17.9 Å². The number of hydrogen-bond donors (Lipinski definition) is 1. The standard InChI is InChI=1S/C12H16N2O4S.ClH/c1-9-7-13-4-5-14(9)19(15,16)10-2-3-11-12(6-10)18-8-17-11;/h2-3,6,9,13H,4-5,7-8H2,1H3;1H. The van der Waals surface area contributed by atoms with Crippen molar-refractivity contribution in [2.24, 2.45) is 0 Å². The summed E-state index contributed by atoms with van der Waals surface area (Å²) in [6.45, 7) is 3.87. The second kappa shape index (κ2) is 5.77. The van der Waals surface area contributed by atoms with Gasteiger partial charge in [-0.2, -0.15) is 4.31 Å². The normalized spacial score (nSPS) is 22.4. The molecule has 0 aromatic heterocycles.